The van der Waals surface area contributed by atoms with Crippen LogP contribution in [-0.2, 0) is 26.4 Å². The summed E-state index contributed by atoms with van der Waals surface area (Å²) < 4.78 is 15.3. The summed E-state index contributed by atoms with van der Waals surface area (Å²) in [5.74, 6) is -0.685. The molecule has 1 aromatic heterocycles. The Kier molecular flexibility index (Phi) is 3.94. The van der Waals surface area contributed by atoms with Crippen LogP contribution < -0.4 is 5.32 Å². The largest absolute Gasteiger partial charge is 0.393 e. The van der Waals surface area contributed by atoms with Gasteiger partial charge >= 0.3 is 0 Å². The fourth-order valence-electron chi connectivity index (χ4n) is 2.85. The number of rotatable bonds is 3. The minimum Gasteiger partial charge on any atom is -0.393 e. The van der Waals surface area contributed by atoms with Crippen molar-refractivity contribution in [3.05, 3.63) is 52.6 Å². The molecule has 0 aliphatic heterocycles. The zero-order chi connectivity index (χ0) is 15.7. The predicted molar refractivity (Wildman–Crippen MR) is 78.8 cm³/mol. The summed E-state index contributed by atoms with van der Waals surface area (Å²) in [7, 11) is 1.80. The fraction of sp³-hybridized carbons (Fsp3) is 0.375. The number of amides is 1. The molecule has 6 heteroatoms. The highest BCUT2D eigenvalue weighted by molar-refractivity contribution is 5.94. The number of carbonyl (C=O) groups is 1. The molecule has 0 bridgehead atoms. The summed E-state index contributed by atoms with van der Waals surface area (Å²) in [4.78, 5) is 12.3. The maximum atomic E-state index is 13.6. The molecule has 0 spiro atoms. The van der Waals surface area contributed by atoms with Gasteiger partial charge in [-0.25, -0.2) is 4.39 Å². The van der Waals surface area contributed by atoms with Crippen molar-refractivity contribution in [3.8, 4) is 0 Å². The molecular weight excluding hydrogens is 285 g/mol. The first-order chi connectivity index (χ1) is 10.6. The van der Waals surface area contributed by atoms with Crippen molar-refractivity contribution in [1.29, 1.82) is 0 Å². The van der Waals surface area contributed by atoms with E-state index >= 15 is 0 Å². The Bertz CT molecular complexity index is 711. The molecule has 2 N–H and O–H groups in total. The lowest BCUT2D eigenvalue weighted by atomic mass is 9.93. The molecule has 1 aliphatic carbocycles. The first kappa shape index (κ1) is 14.7. The molecule has 1 aliphatic rings. The Hall–Kier alpha value is -2.21. The van der Waals surface area contributed by atoms with Crippen LogP contribution in [0, 0.1) is 5.82 Å². The Balaban J connectivity index is 1.77. The molecule has 1 amide bonds. The third kappa shape index (κ3) is 2.74. The van der Waals surface area contributed by atoms with Crippen molar-refractivity contribution >= 4 is 5.91 Å². The standard InChI is InChI=1S/C16H18FN3O2/c1-20-14-7-6-11(21)8-12(14)15(19-20)16(22)18-9-10-4-2-3-5-13(10)17/h2-5,11,21H,6-9H2,1H3,(H,18,22). The number of aliphatic hydroxyl groups is 1. The minimum atomic E-state index is -0.435. The second-order valence-electron chi connectivity index (χ2n) is 5.57. The van der Waals surface area contributed by atoms with Gasteiger partial charge in [-0.1, -0.05) is 18.2 Å². The van der Waals surface area contributed by atoms with Gasteiger partial charge in [0.1, 0.15) is 5.82 Å². The smallest absolute Gasteiger partial charge is 0.272 e. The van der Waals surface area contributed by atoms with Crippen molar-refractivity contribution in [2.75, 3.05) is 0 Å². The average Bonchev–Trinajstić information content (AvgIpc) is 2.82. The molecule has 1 heterocycles. The van der Waals surface area contributed by atoms with Crippen LogP contribution in [0.4, 0.5) is 4.39 Å². The maximum Gasteiger partial charge on any atom is 0.272 e. The molecule has 2 aromatic rings. The van der Waals surface area contributed by atoms with E-state index in [1.165, 1.54) is 6.07 Å². The Morgan fingerprint density at radius 3 is 3.05 bits per heavy atom. The number of aryl methyl sites for hydroxylation is 1. The van der Waals surface area contributed by atoms with Crippen molar-refractivity contribution in [2.24, 2.45) is 7.05 Å². The van der Waals surface area contributed by atoms with Gasteiger partial charge in [-0.05, 0) is 18.9 Å². The molecule has 3 rings (SSSR count). The number of aromatic nitrogens is 2. The molecule has 22 heavy (non-hydrogen) atoms. The van der Waals surface area contributed by atoms with Crippen LogP contribution in [0.3, 0.4) is 0 Å². The summed E-state index contributed by atoms with van der Waals surface area (Å²) >= 11 is 0. The van der Waals surface area contributed by atoms with Crippen LogP contribution >= 0.6 is 0 Å². The van der Waals surface area contributed by atoms with E-state index in [4.69, 9.17) is 0 Å². The SMILES string of the molecule is Cn1nc(C(=O)NCc2ccccc2F)c2c1CCC(O)C2. The van der Waals surface area contributed by atoms with Crippen LogP contribution in [0.1, 0.15) is 33.7 Å². The Labute approximate surface area is 127 Å². The summed E-state index contributed by atoms with van der Waals surface area (Å²) in [5, 5.41) is 16.8. The summed E-state index contributed by atoms with van der Waals surface area (Å²) in [6, 6.07) is 6.33. The molecule has 0 fully saturated rings. The normalized spacial score (nSPS) is 17.1. The van der Waals surface area contributed by atoms with Gasteiger partial charge in [0, 0.05) is 36.8 Å². The Morgan fingerprint density at radius 2 is 2.27 bits per heavy atom. The fourth-order valence-corrected chi connectivity index (χ4v) is 2.85. The molecule has 116 valence electrons. The van der Waals surface area contributed by atoms with Crippen molar-refractivity contribution < 1.29 is 14.3 Å². The zero-order valence-electron chi connectivity index (χ0n) is 12.3. The average molecular weight is 303 g/mol. The maximum absolute atomic E-state index is 13.6. The van der Waals surface area contributed by atoms with E-state index in [0.29, 0.717) is 30.5 Å². The van der Waals surface area contributed by atoms with Crippen molar-refractivity contribution in [2.45, 2.75) is 31.9 Å². The highest BCUT2D eigenvalue weighted by Crippen LogP contribution is 2.24. The highest BCUT2D eigenvalue weighted by Gasteiger charge is 2.27. The van der Waals surface area contributed by atoms with E-state index in [2.05, 4.69) is 10.4 Å². The third-order valence-corrected chi connectivity index (χ3v) is 4.04. The quantitative estimate of drug-likeness (QED) is 0.899. The van der Waals surface area contributed by atoms with Gasteiger partial charge in [0.25, 0.3) is 5.91 Å². The second kappa shape index (κ2) is 5.88. The first-order valence-electron chi connectivity index (χ1n) is 7.30. The van der Waals surface area contributed by atoms with E-state index in [0.717, 1.165) is 11.3 Å². The molecule has 1 unspecified atom stereocenters. The molecule has 0 saturated heterocycles. The van der Waals surface area contributed by atoms with E-state index in [1.807, 2.05) is 0 Å². The molecule has 5 nitrogen and oxygen atoms in total. The molecule has 0 radical (unpaired) electrons. The molecule has 1 atom stereocenters. The number of benzene rings is 1. The third-order valence-electron chi connectivity index (χ3n) is 4.04. The van der Waals surface area contributed by atoms with Gasteiger partial charge in [0.2, 0.25) is 0 Å². The molecule has 0 saturated carbocycles. The van der Waals surface area contributed by atoms with Crippen LogP contribution in [0.15, 0.2) is 24.3 Å². The zero-order valence-corrected chi connectivity index (χ0v) is 12.3. The second-order valence-corrected chi connectivity index (χ2v) is 5.57. The number of fused-ring (bicyclic) bond motifs is 1. The number of hydrogen-bond acceptors (Lipinski definition) is 3. The number of carbonyl (C=O) groups excluding carboxylic acids is 1. The van der Waals surface area contributed by atoms with Gasteiger partial charge in [0.15, 0.2) is 5.69 Å². The topological polar surface area (TPSA) is 67.2 Å². The van der Waals surface area contributed by atoms with E-state index in [1.54, 1.807) is 29.9 Å². The number of hydrogen-bond donors (Lipinski definition) is 2. The van der Waals surface area contributed by atoms with Gasteiger partial charge in [0.05, 0.1) is 6.10 Å². The number of halogens is 1. The first-order valence-corrected chi connectivity index (χ1v) is 7.30. The van der Waals surface area contributed by atoms with Crippen molar-refractivity contribution in [3.63, 3.8) is 0 Å². The van der Waals surface area contributed by atoms with Crippen LogP contribution in [0.5, 0.6) is 0 Å². The van der Waals surface area contributed by atoms with Gasteiger partial charge in [-0.15, -0.1) is 0 Å². The lowest BCUT2D eigenvalue weighted by molar-refractivity contribution is 0.0942. The van der Waals surface area contributed by atoms with E-state index in [-0.39, 0.29) is 18.3 Å². The summed E-state index contributed by atoms with van der Waals surface area (Å²) in [5.41, 5.74) is 2.54. The highest BCUT2D eigenvalue weighted by atomic mass is 19.1. The lowest BCUT2D eigenvalue weighted by Gasteiger charge is -2.18. The van der Waals surface area contributed by atoms with Gasteiger partial charge in [-0.3, -0.25) is 9.48 Å². The Morgan fingerprint density at radius 1 is 1.50 bits per heavy atom. The molecule has 1 aromatic carbocycles. The van der Waals surface area contributed by atoms with Gasteiger partial charge < -0.3 is 10.4 Å². The lowest BCUT2D eigenvalue weighted by Crippen LogP contribution is -2.26. The van der Waals surface area contributed by atoms with Gasteiger partial charge in [-0.2, -0.15) is 5.10 Å². The van der Waals surface area contributed by atoms with Crippen LogP contribution in [0.25, 0.3) is 0 Å². The van der Waals surface area contributed by atoms with E-state index in [9.17, 15) is 14.3 Å². The molecular formula is C16H18FN3O2. The number of aliphatic hydroxyl groups excluding tert-OH is 1. The predicted octanol–water partition coefficient (Wildman–Crippen LogP) is 1.34. The number of nitrogens with one attached hydrogen (secondary N) is 1. The van der Waals surface area contributed by atoms with Crippen LogP contribution in [0.2, 0.25) is 0 Å². The summed E-state index contributed by atoms with van der Waals surface area (Å²) in [6.45, 7) is 0.111. The van der Waals surface area contributed by atoms with E-state index < -0.39 is 6.10 Å². The monoisotopic (exact) mass is 303 g/mol. The van der Waals surface area contributed by atoms with Crippen molar-refractivity contribution in [1.82, 2.24) is 15.1 Å². The number of nitrogens with zero attached hydrogens (tertiary/aromatic N) is 2. The van der Waals surface area contributed by atoms with Crippen LogP contribution in [-0.4, -0.2) is 26.9 Å². The summed E-state index contributed by atoms with van der Waals surface area (Å²) in [6.07, 6.45) is 1.39. The minimum absolute atomic E-state index is 0.111.